The van der Waals surface area contributed by atoms with Gasteiger partial charge in [-0.1, -0.05) is 32.0 Å². The van der Waals surface area contributed by atoms with Gasteiger partial charge in [0.05, 0.1) is 0 Å². The monoisotopic (exact) mass is 275 g/mol. The normalized spacial score (nSPS) is 17.9. The van der Waals surface area contributed by atoms with Crippen molar-refractivity contribution in [1.29, 1.82) is 0 Å². The molecule has 0 bridgehead atoms. The number of ether oxygens (including phenoxy) is 1. The van der Waals surface area contributed by atoms with Crippen molar-refractivity contribution in [2.24, 2.45) is 5.92 Å². The molecular weight excluding hydrogens is 246 g/mol. The zero-order valence-electron chi connectivity index (χ0n) is 13.6. The molecule has 1 aromatic carbocycles. The molecule has 2 rings (SSSR count). The van der Waals surface area contributed by atoms with Crippen LogP contribution in [0.2, 0.25) is 0 Å². The predicted molar refractivity (Wildman–Crippen MR) is 85.2 cm³/mol. The summed E-state index contributed by atoms with van der Waals surface area (Å²) in [6, 6.07) is 7.08. The van der Waals surface area contributed by atoms with Crippen LogP contribution < -0.4 is 10.1 Å². The Labute approximate surface area is 123 Å². The van der Waals surface area contributed by atoms with E-state index in [0.717, 1.165) is 24.6 Å². The Morgan fingerprint density at radius 1 is 1.20 bits per heavy atom. The van der Waals surface area contributed by atoms with E-state index in [1.54, 1.807) is 0 Å². The van der Waals surface area contributed by atoms with Crippen LogP contribution in [0.1, 0.15) is 58.6 Å². The fourth-order valence-corrected chi connectivity index (χ4v) is 2.79. The molecule has 0 aliphatic carbocycles. The molecule has 0 radical (unpaired) electrons. The highest BCUT2D eigenvalue weighted by atomic mass is 16.5. The van der Waals surface area contributed by atoms with E-state index in [2.05, 4.69) is 58.1 Å². The first-order valence-corrected chi connectivity index (χ1v) is 7.90. The molecule has 1 N–H and O–H groups in total. The summed E-state index contributed by atoms with van der Waals surface area (Å²) < 4.78 is 6.12. The van der Waals surface area contributed by atoms with Crippen molar-refractivity contribution < 1.29 is 4.74 Å². The van der Waals surface area contributed by atoms with Gasteiger partial charge in [-0.15, -0.1) is 0 Å². The summed E-state index contributed by atoms with van der Waals surface area (Å²) in [6.45, 7) is 12.1. The highest BCUT2D eigenvalue weighted by Crippen LogP contribution is 2.37. The maximum absolute atomic E-state index is 6.12. The summed E-state index contributed by atoms with van der Waals surface area (Å²) in [5, 5.41) is 3.63. The highest BCUT2D eigenvalue weighted by molar-refractivity contribution is 5.45. The lowest BCUT2D eigenvalue weighted by Crippen LogP contribution is -2.27. The molecule has 20 heavy (non-hydrogen) atoms. The van der Waals surface area contributed by atoms with Crippen molar-refractivity contribution >= 4 is 0 Å². The lowest BCUT2D eigenvalue weighted by atomic mass is 10.0. The zero-order valence-corrected chi connectivity index (χ0v) is 13.6. The van der Waals surface area contributed by atoms with Gasteiger partial charge in [-0.05, 0) is 45.1 Å². The SMILES string of the molecule is CC(C)CCC(C)NCc1cccc2c1OC(C)(C)C2. The molecule has 1 unspecified atom stereocenters. The van der Waals surface area contributed by atoms with Gasteiger partial charge in [-0.3, -0.25) is 0 Å². The Bertz CT molecular complexity index is 451. The Morgan fingerprint density at radius 3 is 2.65 bits per heavy atom. The smallest absolute Gasteiger partial charge is 0.127 e. The third-order valence-corrected chi connectivity index (χ3v) is 3.99. The minimum Gasteiger partial charge on any atom is -0.487 e. The van der Waals surface area contributed by atoms with Crippen molar-refractivity contribution in [3.63, 3.8) is 0 Å². The summed E-state index contributed by atoms with van der Waals surface area (Å²) in [4.78, 5) is 0. The van der Waals surface area contributed by atoms with Gasteiger partial charge in [-0.25, -0.2) is 0 Å². The van der Waals surface area contributed by atoms with E-state index >= 15 is 0 Å². The van der Waals surface area contributed by atoms with Crippen LogP contribution in [0, 0.1) is 5.92 Å². The minimum atomic E-state index is -0.0539. The second-order valence-electron chi connectivity index (χ2n) is 7.20. The number of hydrogen-bond donors (Lipinski definition) is 1. The average Bonchev–Trinajstić information content (AvgIpc) is 2.68. The standard InChI is InChI=1S/C18H29NO/c1-13(2)9-10-14(3)19-12-16-8-6-7-15-11-18(4,5)20-17(15)16/h6-8,13-14,19H,9-12H2,1-5H3. The number of nitrogens with one attached hydrogen (secondary N) is 1. The van der Waals surface area contributed by atoms with E-state index in [4.69, 9.17) is 4.74 Å². The number of para-hydroxylation sites is 1. The van der Waals surface area contributed by atoms with E-state index in [1.807, 2.05) is 0 Å². The Balaban J connectivity index is 1.93. The number of rotatable bonds is 6. The maximum Gasteiger partial charge on any atom is 0.127 e. The average molecular weight is 275 g/mol. The summed E-state index contributed by atoms with van der Waals surface area (Å²) in [5.74, 6) is 1.89. The van der Waals surface area contributed by atoms with Crippen molar-refractivity contribution in [1.82, 2.24) is 5.32 Å². The molecule has 2 heteroatoms. The van der Waals surface area contributed by atoms with E-state index in [0.29, 0.717) is 6.04 Å². The molecule has 1 aliphatic rings. The molecule has 0 saturated carbocycles. The minimum absolute atomic E-state index is 0.0539. The van der Waals surface area contributed by atoms with Crippen molar-refractivity contribution in [2.75, 3.05) is 0 Å². The number of hydrogen-bond acceptors (Lipinski definition) is 2. The quantitative estimate of drug-likeness (QED) is 0.835. The highest BCUT2D eigenvalue weighted by Gasteiger charge is 2.31. The first-order valence-electron chi connectivity index (χ1n) is 7.90. The van der Waals surface area contributed by atoms with Crippen LogP contribution in [-0.4, -0.2) is 11.6 Å². The molecule has 1 heterocycles. The molecule has 0 aromatic heterocycles. The summed E-state index contributed by atoms with van der Waals surface area (Å²) >= 11 is 0. The van der Waals surface area contributed by atoms with Gasteiger partial charge < -0.3 is 10.1 Å². The lowest BCUT2D eigenvalue weighted by molar-refractivity contribution is 0.137. The summed E-state index contributed by atoms with van der Waals surface area (Å²) in [7, 11) is 0. The number of fused-ring (bicyclic) bond motifs is 1. The Morgan fingerprint density at radius 2 is 1.95 bits per heavy atom. The molecule has 0 amide bonds. The maximum atomic E-state index is 6.12. The van der Waals surface area contributed by atoms with Crippen LogP contribution in [0.25, 0.3) is 0 Å². The Kier molecular flexibility index (Phi) is 4.74. The van der Waals surface area contributed by atoms with Gasteiger partial charge in [0.2, 0.25) is 0 Å². The van der Waals surface area contributed by atoms with Gasteiger partial charge in [0.15, 0.2) is 0 Å². The molecule has 1 aliphatic heterocycles. The van der Waals surface area contributed by atoms with Gasteiger partial charge in [0.25, 0.3) is 0 Å². The van der Waals surface area contributed by atoms with Gasteiger partial charge >= 0.3 is 0 Å². The van der Waals surface area contributed by atoms with Crippen LogP contribution in [-0.2, 0) is 13.0 Å². The second kappa shape index (κ2) is 6.17. The third-order valence-electron chi connectivity index (χ3n) is 3.99. The van der Waals surface area contributed by atoms with Gasteiger partial charge in [0.1, 0.15) is 11.4 Å². The molecule has 0 saturated heterocycles. The van der Waals surface area contributed by atoms with E-state index in [-0.39, 0.29) is 5.60 Å². The molecule has 0 spiro atoms. The fraction of sp³-hybridized carbons (Fsp3) is 0.667. The molecule has 0 fully saturated rings. The van der Waals surface area contributed by atoms with Crippen molar-refractivity contribution in [3.05, 3.63) is 29.3 Å². The summed E-state index contributed by atoms with van der Waals surface area (Å²) in [6.07, 6.45) is 3.53. The molecule has 112 valence electrons. The zero-order chi connectivity index (χ0) is 14.8. The van der Waals surface area contributed by atoms with Crippen LogP contribution in [0.4, 0.5) is 0 Å². The number of benzene rings is 1. The molecule has 1 atom stereocenters. The van der Waals surface area contributed by atoms with E-state index in [9.17, 15) is 0 Å². The Hall–Kier alpha value is -1.02. The largest absolute Gasteiger partial charge is 0.487 e. The molecule has 2 nitrogen and oxygen atoms in total. The van der Waals surface area contributed by atoms with Crippen LogP contribution >= 0.6 is 0 Å². The lowest BCUT2D eigenvalue weighted by Gasteiger charge is -2.19. The van der Waals surface area contributed by atoms with Gasteiger partial charge in [-0.2, -0.15) is 0 Å². The van der Waals surface area contributed by atoms with Crippen LogP contribution in [0.3, 0.4) is 0 Å². The second-order valence-corrected chi connectivity index (χ2v) is 7.20. The third kappa shape index (κ3) is 3.99. The summed E-state index contributed by atoms with van der Waals surface area (Å²) in [5.41, 5.74) is 2.59. The first kappa shape index (κ1) is 15.4. The van der Waals surface area contributed by atoms with Crippen LogP contribution in [0.5, 0.6) is 5.75 Å². The first-order chi connectivity index (χ1) is 9.37. The topological polar surface area (TPSA) is 21.3 Å². The fourth-order valence-electron chi connectivity index (χ4n) is 2.79. The van der Waals surface area contributed by atoms with Crippen molar-refractivity contribution in [3.8, 4) is 5.75 Å². The van der Waals surface area contributed by atoms with Crippen molar-refractivity contribution in [2.45, 2.75) is 72.1 Å². The van der Waals surface area contributed by atoms with Gasteiger partial charge in [0, 0.05) is 24.6 Å². The predicted octanol–water partition coefficient (Wildman–Crippen LogP) is 4.31. The van der Waals surface area contributed by atoms with Crippen LogP contribution in [0.15, 0.2) is 18.2 Å². The van der Waals surface area contributed by atoms with E-state index in [1.165, 1.54) is 24.0 Å². The molecule has 1 aromatic rings. The van der Waals surface area contributed by atoms with E-state index < -0.39 is 0 Å². The molecular formula is C18H29NO.